The van der Waals surface area contributed by atoms with Gasteiger partial charge >= 0.3 is 0 Å². The fraction of sp³-hybridized carbons (Fsp3) is 0.0476. The van der Waals surface area contributed by atoms with Gasteiger partial charge in [-0.05, 0) is 42.0 Å². The van der Waals surface area contributed by atoms with Crippen molar-refractivity contribution in [1.82, 2.24) is 10.3 Å². The molecule has 1 aromatic heterocycles. The van der Waals surface area contributed by atoms with E-state index in [9.17, 15) is 13.6 Å². The molecule has 30 heavy (non-hydrogen) atoms. The first kappa shape index (κ1) is 21.2. The molecule has 1 unspecified atom stereocenters. The third-order valence-corrected chi connectivity index (χ3v) is 4.70. The van der Waals surface area contributed by atoms with E-state index in [1.807, 2.05) is 12.1 Å². The normalized spacial score (nSPS) is 11.3. The predicted octanol–water partition coefficient (Wildman–Crippen LogP) is 4.93. The number of halogens is 4. The van der Waals surface area contributed by atoms with E-state index in [-0.39, 0.29) is 38.0 Å². The van der Waals surface area contributed by atoms with Gasteiger partial charge in [-0.25, -0.2) is 8.78 Å². The fourth-order valence-electron chi connectivity index (χ4n) is 2.73. The Labute approximate surface area is 180 Å². The number of nitrogens with one attached hydrogen (secondary N) is 1. The van der Waals surface area contributed by atoms with E-state index in [0.717, 1.165) is 12.1 Å². The standard InChI is InChI=1S/C21H10Cl2F2N4O/c22-15-7-18(25)20(28-10-15)19(11-3-4-16(23)17(24)6-11)29-21(30)12-1-2-13(8-26)14(5-12)9-27/h1-7,10,19H,(H,29,30). The molecule has 5 nitrogen and oxygen atoms in total. The van der Waals surface area contributed by atoms with Crippen LogP contribution in [0.1, 0.15) is 38.8 Å². The van der Waals surface area contributed by atoms with Crippen molar-refractivity contribution in [2.45, 2.75) is 6.04 Å². The van der Waals surface area contributed by atoms with Gasteiger partial charge in [0.1, 0.15) is 29.5 Å². The molecular formula is C21H10Cl2F2N4O. The van der Waals surface area contributed by atoms with E-state index < -0.39 is 23.6 Å². The van der Waals surface area contributed by atoms with Gasteiger partial charge < -0.3 is 5.32 Å². The Bertz CT molecular complexity index is 1230. The number of amides is 1. The van der Waals surface area contributed by atoms with E-state index in [2.05, 4.69) is 10.3 Å². The lowest BCUT2D eigenvalue weighted by atomic mass is 10.0. The highest BCUT2D eigenvalue weighted by molar-refractivity contribution is 6.30. The smallest absolute Gasteiger partial charge is 0.252 e. The molecular weight excluding hydrogens is 433 g/mol. The van der Waals surface area contributed by atoms with Crippen LogP contribution >= 0.6 is 23.2 Å². The second-order valence-corrected chi connectivity index (χ2v) is 6.93. The Morgan fingerprint density at radius 2 is 1.73 bits per heavy atom. The summed E-state index contributed by atoms with van der Waals surface area (Å²) in [5, 5.41) is 20.7. The molecule has 0 saturated carbocycles. The van der Waals surface area contributed by atoms with Crippen LogP contribution in [0.4, 0.5) is 8.78 Å². The van der Waals surface area contributed by atoms with Crippen molar-refractivity contribution in [2.24, 2.45) is 0 Å². The van der Waals surface area contributed by atoms with Crippen molar-refractivity contribution < 1.29 is 13.6 Å². The first-order chi connectivity index (χ1) is 14.3. The number of nitriles is 2. The Kier molecular flexibility index (Phi) is 6.27. The molecule has 3 aromatic rings. The SMILES string of the molecule is N#Cc1ccc(C(=O)NC(c2ccc(Cl)c(F)c2)c2ncc(Cl)cc2F)cc1C#N. The van der Waals surface area contributed by atoms with Crippen LogP contribution in [0.5, 0.6) is 0 Å². The summed E-state index contributed by atoms with van der Waals surface area (Å²) >= 11 is 11.5. The molecule has 1 N–H and O–H groups in total. The molecule has 1 amide bonds. The molecule has 0 spiro atoms. The average Bonchev–Trinajstić information content (AvgIpc) is 2.73. The van der Waals surface area contributed by atoms with E-state index in [1.165, 1.54) is 36.5 Å². The quantitative estimate of drug-likeness (QED) is 0.619. The molecule has 0 aliphatic carbocycles. The maximum absolute atomic E-state index is 14.5. The number of pyridine rings is 1. The first-order valence-electron chi connectivity index (χ1n) is 8.35. The number of hydrogen-bond donors (Lipinski definition) is 1. The zero-order valence-electron chi connectivity index (χ0n) is 15.0. The predicted molar refractivity (Wildman–Crippen MR) is 106 cm³/mol. The van der Waals surface area contributed by atoms with Gasteiger partial charge in [-0.2, -0.15) is 10.5 Å². The van der Waals surface area contributed by atoms with Crippen LogP contribution in [0.25, 0.3) is 0 Å². The summed E-state index contributed by atoms with van der Waals surface area (Å²) in [6.45, 7) is 0. The molecule has 0 saturated heterocycles. The molecule has 2 aromatic carbocycles. The minimum atomic E-state index is -1.18. The van der Waals surface area contributed by atoms with Crippen molar-refractivity contribution in [3.05, 3.63) is 98.3 Å². The second-order valence-electron chi connectivity index (χ2n) is 6.08. The summed E-state index contributed by atoms with van der Waals surface area (Å²) in [6.07, 6.45) is 1.20. The Morgan fingerprint density at radius 3 is 2.37 bits per heavy atom. The van der Waals surface area contributed by atoms with Crippen LogP contribution in [0, 0.1) is 34.3 Å². The van der Waals surface area contributed by atoms with E-state index >= 15 is 0 Å². The van der Waals surface area contributed by atoms with E-state index in [0.29, 0.717) is 0 Å². The van der Waals surface area contributed by atoms with Crippen LogP contribution in [0.15, 0.2) is 48.7 Å². The number of rotatable bonds is 4. The zero-order valence-corrected chi connectivity index (χ0v) is 16.5. The Hall–Kier alpha value is -3.52. The van der Waals surface area contributed by atoms with Gasteiger partial charge in [0.2, 0.25) is 0 Å². The number of aromatic nitrogens is 1. The van der Waals surface area contributed by atoms with Crippen LogP contribution in [-0.4, -0.2) is 10.9 Å². The molecule has 1 heterocycles. The van der Waals surface area contributed by atoms with Crippen molar-refractivity contribution >= 4 is 29.1 Å². The highest BCUT2D eigenvalue weighted by atomic mass is 35.5. The minimum Gasteiger partial charge on any atom is -0.339 e. The van der Waals surface area contributed by atoms with Crippen molar-refractivity contribution in [3.63, 3.8) is 0 Å². The first-order valence-corrected chi connectivity index (χ1v) is 9.10. The maximum Gasteiger partial charge on any atom is 0.252 e. The topological polar surface area (TPSA) is 89.6 Å². The molecule has 3 rings (SSSR count). The molecule has 0 bridgehead atoms. The van der Waals surface area contributed by atoms with Crippen molar-refractivity contribution in [3.8, 4) is 12.1 Å². The van der Waals surface area contributed by atoms with Crippen molar-refractivity contribution in [1.29, 1.82) is 10.5 Å². The number of benzene rings is 2. The Morgan fingerprint density at radius 1 is 1.00 bits per heavy atom. The summed E-state index contributed by atoms with van der Waals surface area (Å²) in [4.78, 5) is 16.7. The lowest BCUT2D eigenvalue weighted by Crippen LogP contribution is -2.30. The van der Waals surface area contributed by atoms with Crippen LogP contribution in [0.3, 0.4) is 0 Å². The summed E-state index contributed by atoms with van der Waals surface area (Å²) in [5.41, 5.74) is 0.168. The molecule has 1 atom stereocenters. The van der Waals surface area contributed by atoms with Gasteiger partial charge in [0.05, 0.1) is 27.2 Å². The van der Waals surface area contributed by atoms with E-state index in [4.69, 9.17) is 33.7 Å². The zero-order chi connectivity index (χ0) is 21.8. The average molecular weight is 443 g/mol. The van der Waals surface area contributed by atoms with Crippen LogP contribution < -0.4 is 5.32 Å². The highest BCUT2D eigenvalue weighted by Gasteiger charge is 2.24. The summed E-state index contributed by atoms with van der Waals surface area (Å²) in [6, 6.07) is 11.2. The number of carbonyl (C=O) groups excluding carboxylic acids is 1. The van der Waals surface area contributed by atoms with Crippen LogP contribution in [0.2, 0.25) is 10.0 Å². The number of carbonyl (C=O) groups is 1. The fourth-order valence-corrected chi connectivity index (χ4v) is 2.99. The third-order valence-electron chi connectivity index (χ3n) is 4.18. The highest BCUT2D eigenvalue weighted by Crippen LogP contribution is 2.27. The molecule has 148 valence electrons. The molecule has 0 fully saturated rings. The lowest BCUT2D eigenvalue weighted by Gasteiger charge is -2.20. The molecule has 0 radical (unpaired) electrons. The lowest BCUT2D eigenvalue weighted by molar-refractivity contribution is 0.0941. The largest absolute Gasteiger partial charge is 0.339 e. The summed E-state index contributed by atoms with van der Waals surface area (Å²) in [7, 11) is 0. The van der Waals surface area contributed by atoms with Gasteiger partial charge in [0.25, 0.3) is 5.91 Å². The van der Waals surface area contributed by atoms with Gasteiger partial charge in [0, 0.05) is 11.8 Å². The summed E-state index contributed by atoms with van der Waals surface area (Å²) < 4.78 is 28.6. The summed E-state index contributed by atoms with van der Waals surface area (Å²) in [5.74, 6) is -2.25. The third kappa shape index (κ3) is 4.38. The Balaban J connectivity index is 2.05. The maximum atomic E-state index is 14.5. The number of nitrogens with zero attached hydrogens (tertiary/aromatic N) is 3. The van der Waals surface area contributed by atoms with Gasteiger partial charge in [-0.1, -0.05) is 29.3 Å². The monoisotopic (exact) mass is 442 g/mol. The second kappa shape index (κ2) is 8.87. The minimum absolute atomic E-state index is 0.00929. The molecule has 0 aliphatic heterocycles. The molecule has 0 aliphatic rings. The van der Waals surface area contributed by atoms with Gasteiger partial charge in [-0.3, -0.25) is 9.78 Å². The molecule has 9 heteroatoms. The van der Waals surface area contributed by atoms with E-state index in [1.54, 1.807) is 0 Å². The van der Waals surface area contributed by atoms with Gasteiger partial charge in [0.15, 0.2) is 0 Å². The van der Waals surface area contributed by atoms with Gasteiger partial charge in [-0.15, -0.1) is 0 Å². The van der Waals surface area contributed by atoms with Crippen LogP contribution in [-0.2, 0) is 0 Å². The van der Waals surface area contributed by atoms with Crippen molar-refractivity contribution in [2.75, 3.05) is 0 Å². The number of hydrogen-bond acceptors (Lipinski definition) is 4.